The summed E-state index contributed by atoms with van der Waals surface area (Å²) < 4.78 is 1.41. The van der Waals surface area contributed by atoms with Crippen molar-refractivity contribution in [3.8, 4) is 11.3 Å². The zero-order chi connectivity index (χ0) is 14.5. The van der Waals surface area contributed by atoms with Gasteiger partial charge in [-0.1, -0.05) is 37.3 Å². The highest BCUT2D eigenvalue weighted by Gasteiger charge is 2.08. The molecule has 20 heavy (non-hydrogen) atoms. The number of hydrogen-bond acceptors (Lipinski definition) is 3. The Balaban J connectivity index is 2.33. The molecule has 0 aliphatic carbocycles. The molecule has 0 saturated heterocycles. The SMILES string of the molecule is CCC(C)NCc1cc(-c2ccccc2)nn(C)c1=O. The second-order valence-corrected chi connectivity index (χ2v) is 5.04. The maximum absolute atomic E-state index is 12.1. The zero-order valence-corrected chi connectivity index (χ0v) is 12.3. The molecular weight excluding hydrogens is 250 g/mol. The second kappa shape index (κ2) is 6.48. The molecule has 2 aromatic rings. The van der Waals surface area contributed by atoms with E-state index in [1.165, 1.54) is 4.68 Å². The number of nitrogens with zero attached hydrogens (tertiary/aromatic N) is 2. The minimum Gasteiger partial charge on any atom is -0.310 e. The fourth-order valence-electron chi connectivity index (χ4n) is 1.98. The maximum atomic E-state index is 12.1. The van der Waals surface area contributed by atoms with E-state index in [-0.39, 0.29) is 5.56 Å². The van der Waals surface area contributed by atoms with Crippen molar-refractivity contribution in [2.45, 2.75) is 32.9 Å². The van der Waals surface area contributed by atoms with Crippen molar-refractivity contribution in [1.82, 2.24) is 15.1 Å². The Labute approximate surface area is 119 Å². The predicted octanol–water partition coefficient (Wildman–Crippen LogP) is 2.34. The summed E-state index contributed by atoms with van der Waals surface area (Å²) in [5, 5.41) is 7.68. The molecule has 0 amide bonds. The summed E-state index contributed by atoms with van der Waals surface area (Å²) in [6.45, 7) is 4.81. The van der Waals surface area contributed by atoms with E-state index in [2.05, 4.69) is 24.3 Å². The summed E-state index contributed by atoms with van der Waals surface area (Å²) >= 11 is 0. The van der Waals surface area contributed by atoms with Crippen molar-refractivity contribution in [2.24, 2.45) is 7.05 Å². The fraction of sp³-hybridized carbons (Fsp3) is 0.375. The third-order valence-electron chi connectivity index (χ3n) is 3.46. The van der Waals surface area contributed by atoms with Gasteiger partial charge in [0.05, 0.1) is 5.69 Å². The van der Waals surface area contributed by atoms with Crippen molar-refractivity contribution in [2.75, 3.05) is 0 Å². The topological polar surface area (TPSA) is 46.9 Å². The van der Waals surface area contributed by atoms with Crippen LogP contribution in [0.3, 0.4) is 0 Å². The molecule has 106 valence electrons. The smallest absolute Gasteiger partial charge is 0.271 e. The maximum Gasteiger partial charge on any atom is 0.271 e. The molecular formula is C16H21N3O. The van der Waals surface area contributed by atoms with E-state index in [4.69, 9.17) is 0 Å². The van der Waals surface area contributed by atoms with Gasteiger partial charge < -0.3 is 5.32 Å². The summed E-state index contributed by atoms with van der Waals surface area (Å²) in [5.74, 6) is 0. The van der Waals surface area contributed by atoms with Crippen LogP contribution in [0.25, 0.3) is 11.3 Å². The Morgan fingerprint density at radius 1 is 1.30 bits per heavy atom. The van der Waals surface area contributed by atoms with Crippen LogP contribution in [0.1, 0.15) is 25.8 Å². The molecule has 0 radical (unpaired) electrons. The Morgan fingerprint density at radius 3 is 2.65 bits per heavy atom. The first-order valence-electron chi connectivity index (χ1n) is 6.98. The van der Waals surface area contributed by atoms with E-state index >= 15 is 0 Å². The molecule has 1 heterocycles. The molecule has 1 aromatic heterocycles. The predicted molar refractivity (Wildman–Crippen MR) is 81.5 cm³/mol. The average Bonchev–Trinajstić information content (AvgIpc) is 2.49. The highest BCUT2D eigenvalue weighted by Crippen LogP contribution is 2.15. The molecule has 1 N–H and O–H groups in total. The summed E-state index contributed by atoms with van der Waals surface area (Å²) in [6, 6.07) is 12.2. The summed E-state index contributed by atoms with van der Waals surface area (Å²) in [4.78, 5) is 12.1. The van der Waals surface area contributed by atoms with E-state index in [9.17, 15) is 4.79 Å². The van der Waals surface area contributed by atoms with Crippen molar-refractivity contribution >= 4 is 0 Å². The number of rotatable bonds is 5. The van der Waals surface area contributed by atoms with E-state index < -0.39 is 0 Å². The minimum atomic E-state index is -0.0412. The molecule has 4 nitrogen and oxygen atoms in total. The van der Waals surface area contributed by atoms with E-state index in [1.54, 1.807) is 7.05 Å². The molecule has 0 aliphatic rings. The van der Waals surface area contributed by atoms with Crippen LogP contribution in [0.2, 0.25) is 0 Å². The molecule has 0 spiro atoms. The molecule has 1 atom stereocenters. The number of aromatic nitrogens is 2. The molecule has 1 unspecified atom stereocenters. The lowest BCUT2D eigenvalue weighted by Crippen LogP contribution is -2.31. The third kappa shape index (κ3) is 3.33. The average molecular weight is 271 g/mol. The van der Waals surface area contributed by atoms with Crippen LogP contribution >= 0.6 is 0 Å². The summed E-state index contributed by atoms with van der Waals surface area (Å²) in [6.07, 6.45) is 1.04. The van der Waals surface area contributed by atoms with Gasteiger partial charge in [-0.3, -0.25) is 4.79 Å². The van der Waals surface area contributed by atoms with Crippen molar-refractivity contribution < 1.29 is 0 Å². The van der Waals surface area contributed by atoms with Gasteiger partial charge >= 0.3 is 0 Å². The van der Waals surface area contributed by atoms with Crippen LogP contribution in [-0.2, 0) is 13.6 Å². The fourth-order valence-corrected chi connectivity index (χ4v) is 1.98. The first-order valence-corrected chi connectivity index (χ1v) is 6.98. The van der Waals surface area contributed by atoms with Crippen LogP contribution < -0.4 is 10.9 Å². The quantitative estimate of drug-likeness (QED) is 0.908. The molecule has 0 saturated carbocycles. The van der Waals surface area contributed by atoms with Crippen LogP contribution in [0.5, 0.6) is 0 Å². The van der Waals surface area contributed by atoms with Crippen LogP contribution in [0.15, 0.2) is 41.2 Å². The highest BCUT2D eigenvalue weighted by atomic mass is 16.1. The normalized spacial score (nSPS) is 12.3. The van der Waals surface area contributed by atoms with Gasteiger partial charge in [0.2, 0.25) is 0 Å². The minimum absolute atomic E-state index is 0.0412. The van der Waals surface area contributed by atoms with Gasteiger partial charge in [0.25, 0.3) is 5.56 Å². The van der Waals surface area contributed by atoms with Gasteiger partial charge in [0, 0.05) is 30.8 Å². The molecule has 0 fully saturated rings. The molecule has 4 heteroatoms. The Morgan fingerprint density at radius 2 is 2.00 bits per heavy atom. The number of benzene rings is 1. The highest BCUT2D eigenvalue weighted by molar-refractivity contribution is 5.58. The van der Waals surface area contributed by atoms with Crippen molar-refractivity contribution in [3.05, 3.63) is 52.3 Å². The molecule has 0 aliphatic heterocycles. The van der Waals surface area contributed by atoms with Crippen molar-refractivity contribution in [1.29, 1.82) is 0 Å². The van der Waals surface area contributed by atoms with Gasteiger partial charge in [0.15, 0.2) is 0 Å². The molecule has 1 aromatic carbocycles. The lowest BCUT2D eigenvalue weighted by Gasteiger charge is -2.12. The largest absolute Gasteiger partial charge is 0.310 e. The van der Waals surface area contributed by atoms with Crippen LogP contribution in [0.4, 0.5) is 0 Å². The lowest BCUT2D eigenvalue weighted by molar-refractivity contribution is 0.528. The van der Waals surface area contributed by atoms with E-state index in [0.717, 1.165) is 23.2 Å². The Kier molecular flexibility index (Phi) is 4.69. The third-order valence-corrected chi connectivity index (χ3v) is 3.46. The van der Waals surface area contributed by atoms with E-state index in [1.807, 2.05) is 36.4 Å². The Bertz CT molecular complexity index is 619. The van der Waals surface area contributed by atoms with Gasteiger partial charge in [-0.2, -0.15) is 5.10 Å². The van der Waals surface area contributed by atoms with Crippen LogP contribution in [0, 0.1) is 0 Å². The lowest BCUT2D eigenvalue weighted by atomic mass is 10.1. The standard InChI is InChI=1S/C16H21N3O/c1-4-12(2)17-11-14-10-15(18-19(3)16(14)20)13-8-6-5-7-9-13/h5-10,12,17H,4,11H2,1-3H3. The van der Waals surface area contributed by atoms with Gasteiger partial charge in [-0.25, -0.2) is 4.68 Å². The Hall–Kier alpha value is -1.94. The van der Waals surface area contributed by atoms with E-state index in [0.29, 0.717) is 12.6 Å². The molecule has 2 rings (SSSR count). The first-order chi connectivity index (χ1) is 9.61. The number of aryl methyl sites for hydroxylation is 1. The zero-order valence-electron chi connectivity index (χ0n) is 12.3. The van der Waals surface area contributed by atoms with Gasteiger partial charge in [-0.05, 0) is 19.4 Å². The monoisotopic (exact) mass is 271 g/mol. The van der Waals surface area contributed by atoms with Gasteiger partial charge in [0.1, 0.15) is 0 Å². The summed E-state index contributed by atoms with van der Waals surface area (Å²) in [5.41, 5.74) is 2.56. The number of nitrogens with one attached hydrogen (secondary N) is 1. The number of hydrogen-bond donors (Lipinski definition) is 1. The van der Waals surface area contributed by atoms with Crippen LogP contribution in [-0.4, -0.2) is 15.8 Å². The summed E-state index contributed by atoms with van der Waals surface area (Å²) in [7, 11) is 1.70. The second-order valence-electron chi connectivity index (χ2n) is 5.04. The van der Waals surface area contributed by atoms with Crippen molar-refractivity contribution in [3.63, 3.8) is 0 Å². The van der Waals surface area contributed by atoms with Gasteiger partial charge in [-0.15, -0.1) is 0 Å². The first kappa shape index (κ1) is 14.5. The molecule has 0 bridgehead atoms.